The summed E-state index contributed by atoms with van der Waals surface area (Å²) in [6.45, 7) is 1.26. The Hall–Kier alpha value is -2.02. The number of para-hydroxylation sites is 1. The van der Waals surface area contributed by atoms with Crippen molar-refractivity contribution in [2.24, 2.45) is 0 Å². The second kappa shape index (κ2) is 8.12. The number of nitrogens with zero attached hydrogens (tertiary/aromatic N) is 2. The molecule has 6 heteroatoms. The van der Waals surface area contributed by atoms with Crippen LogP contribution in [0.2, 0.25) is 0 Å². The number of methoxy groups -OCH3 is 1. The molecule has 0 fully saturated rings. The van der Waals surface area contributed by atoms with Crippen LogP contribution in [0.25, 0.3) is 0 Å². The molecule has 0 aromatic heterocycles. The summed E-state index contributed by atoms with van der Waals surface area (Å²) in [6, 6.07) is 15.4. The molecule has 0 spiro atoms. The largest absolute Gasteiger partial charge is 0.497 e. The van der Waals surface area contributed by atoms with E-state index in [1.807, 2.05) is 67.5 Å². The predicted octanol–water partition coefficient (Wildman–Crippen LogP) is 2.80. The normalized spacial score (nSPS) is 20.0. The minimum Gasteiger partial charge on any atom is -0.497 e. The average Bonchev–Trinajstić information content (AvgIpc) is 2.76. The number of likely N-dealkylation sites (N-methyl/N-ethyl adjacent to an activating group) is 1. The molecule has 3 rings (SSSR count). The molecule has 1 aliphatic rings. The van der Waals surface area contributed by atoms with Crippen LogP contribution in [0.4, 0.5) is 5.69 Å². The fraction of sp³-hybridized carbons (Fsp3) is 0.350. The van der Waals surface area contributed by atoms with Crippen LogP contribution in [0.5, 0.6) is 5.75 Å². The summed E-state index contributed by atoms with van der Waals surface area (Å²) in [5.41, 5.74) is 1.76. The molecule has 138 valence electrons. The van der Waals surface area contributed by atoms with Crippen LogP contribution >= 0.6 is 11.8 Å². The average molecular weight is 372 g/mol. The summed E-state index contributed by atoms with van der Waals surface area (Å²) in [6.07, 6.45) is -1.11. The lowest BCUT2D eigenvalue weighted by atomic mass is 10.1. The quantitative estimate of drug-likeness (QED) is 0.875. The molecule has 2 aromatic rings. The first kappa shape index (κ1) is 18.8. The van der Waals surface area contributed by atoms with Gasteiger partial charge in [-0.15, -0.1) is 11.8 Å². The molecular weight excluding hydrogens is 348 g/mol. The lowest BCUT2D eigenvalue weighted by Gasteiger charge is -2.26. The molecule has 26 heavy (non-hydrogen) atoms. The molecular formula is C20H24N2O3S. The van der Waals surface area contributed by atoms with Crippen molar-refractivity contribution in [2.75, 3.05) is 39.2 Å². The van der Waals surface area contributed by atoms with Gasteiger partial charge in [0.05, 0.1) is 18.0 Å². The maximum atomic E-state index is 13.0. The van der Waals surface area contributed by atoms with Gasteiger partial charge in [-0.3, -0.25) is 4.79 Å². The number of amides is 1. The first-order valence-corrected chi connectivity index (χ1v) is 9.43. The van der Waals surface area contributed by atoms with Crippen LogP contribution in [0.15, 0.2) is 53.4 Å². The van der Waals surface area contributed by atoms with Gasteiger partial charge in [-0.05, 0) is 43.9 Å². The Kier molecular flexibility index (Phi) is 5.86. The Labute approximate surface area is 158 Å². The van der Waals surface area contributed by atoms with Crippen molar-refractivity contribution in [1.82, 2.24) is 4.90 Å². The zero-order valence-electron chi connectivity index (χ0n) is 15.3. The van der Waals surface area contributed by atoms with Crippen LogP contribution in [0.1, 0.15) is 10.8 Å². The van der Waals surface area contributed by atoms with E-state index in [0.717, 1.165) is 28.4 Å². The molecule has 0 saturated heterocycles. The minimum absolute atomic E-state index is 0.259. The van der Waals surface area contributed by atoms with Crippen molar-refractivity contribution in [2.45, 2.75) is 16.2 Å². The topological polar surface area (TPSA) is 53.0 Å². The Bertz CT molecular complexity index is 764. The fourth-order valence-corrected chi connectivity index (χ4v) is 4.23. The lowest BCUT2D eigenvalue weighted by molar-refractivity contribution is -0.126. The zero-order chi connectivity index (χ0) is 18.7. The third kappa shape index (κ3) is 3.87. The van der Waals surface area contributed by atoms with E-state index in [-0.39, 0.29) is 11.2 Å². The SMILES string of the molecule is COc1ccc(C2Sc3ccccc3N(CCN(C)C)C(=O)C2O)cc1. The predicted molar refractivity (Wildman–Crippen MR) is 105 cm³/mol. The van der Waals surface area contributed by atoms with Gasteiger partial charge in [0.15, 0.2) is 0 Å². The van der Waals surface area contributed by atoms with E-state index in [0.29, 0.717) is 6.54 Å². The Morgan fingerprint density at radius 2 is 1.85 bits per heavy atom. The summed E-state index contributed by atoms with van der Waals surface area (Å²) in [5, 5.41) is 10.5. The molecule has 2 aromatic carbocycles. The van der Waals surface area contributed by atoms with Gasteiger partial charge in [0.2, 0.25) is 0 Å². The van der Waals surface area contributed by atoms with Crippen LogP contribution in [-0.2, 0) is 4.79 Å². The molecule has 2 atom stereocenters. The maximum Gasteiger partial charge on any atom is 0.257 e. The number of rotatable bonds is 5. The summed E-state index contributed by atoms with van der Waals surface area (Å²) in [4.78, 5) is 17.8. The highest BCUT2D eigenvalue weighted by molar-refractivity contribution is 7.99. The van der Waals surface area contributed by atoms with Crippen molar-refractivity contribution in [3.8, 4) is 5.75 Å². The smallest absolute Gasteiger partial charge is 0.257 e. The third-order valence-corrected chi connectivity index (χ3v) is 5.81. The van der Waals surface area contributed by atoms with E-state index in [4.69, 9.17) is 4.74 Å². The van der Waals surface area contributed by atoms with Crippen LogP contribution < -0.4 is 9.64 Å². The van der Waals surface area contributed by atoms with Crippen molar-refractivity contribution >= 4 is 23.4 Å². The van der Waals surface area contributed by atoms with Gasteiger partial charge in [0, 0.05) is 18.0 Å². The number of benzene rings is 2. The zero-order valence-corrected chi connectivity index (χ0v) is 16.1. The lowest BCUT2D eigenvalue weighted by Crippen LogP contribution is -2.43. The number of fused-ring (bicyclic) bond motifs is 1. The molecule has 1 aliphatic heterocycles. The Balaban J connectivity index is 1.97. The number of ether oxygens (including phenoxy) is 1. The third-order valence-electron chi connectivity index (χ3n) is 4.43. The van der Waals surface area contributed by atoms with Crippen molar-refractivity contribution in [3.63, 3.8) is 0 Å². The maximum absolute atomic E-state index is 13.0. The van der Waals surface area contributed by atoms with Gasteiger partial charge in [-0.25, -0.2) is 0 Å². The number of thioether (sulfide) groups is 1. The van der Waals surface area contributed by atoms with E-state index < -0.39 is 6.10 Å². The van der Waals surface area contributed by atoms with Gasteiger partial charge in [0.1, 0.15) is 11.9 Å². The molecule has 1 amide bonds. The van der Waals surface area contributed by atoms with Gasteiger partial charge < -0.3 is 19.6 Å². The first-order chi connectivity index (χ1) is 12.5. The first-order valence-electron chi connectivity index (χ1n) is 8.55. The minimum atomic E-state index is -1.11. The molecule has 0 radical (unpaired) electrons. The second-order valence-corrected chi connectivity index (χ2v) is 7.70. The molecule has 0 aliphatic carbocycles. The molecule has 0 bridgehead atoms. The monoisotopic (exact) mass is 372 g/mol. The Morgan fingerprint density at radius 3 is 2.50 bits per heavy atom. The molecule has 0 saturated carbocycles. The summed E-state index contributed by atoms with van der Waals surface area (Å²) < 4.78 is 5.21. The molecule has 5 nitrogen and oxygen atoms in total. The molecule has 1 heterocycles. The number of hydrogen-bond acceptors (Lipinski definition) is 5. The van der Waals surface area contributed by atoms with Crippen LogP contribution in [0, 0.1) is 0 Å². The van der Waals surface area contributed by atoms with E-state index in [2.05, 4.69) is 0 Å². The highest BCUT2D eigenvalue weighted by atomic mass is 32.2. The van der Waals surface area contributed by atoms with Gasteiger partial charge in [-0.1, -0.05) is 24.3 Å². The summed E-state index contributed by atoms with van der Waals surface area (Å²) in [5.74, 6) is 0.492. The molecule has 2 unspecified atom stereocenters. The molecule has 1 N–H and O–H groups in total. The van der Waals surface area contributed by atoms with E-state index in [1.54, 1.807) is 12.0 Å². The number of carbonyl (C=O) groups is 1. The summed E-state index contributed by atoms with van der Waals surface area (Å²) >= 11 is 1.53. The number of carbonyl (C=O) groups excluding carboxylic acids is 1. The second-order valence-electron chi connectivity index (χ2n) is 6.52. The van der Waals surface area contributed by atoms with Gasteiger partial charge >= 0.3 is 0 Å². The highest BCUT2D eigenvalue weighted by Crippen LogP contribution is 2.45. The number of hydrogen-bond donors (Lipinski definition) is 1. The fourth-order valence-electron chi connectivity index (χ4n) is 2.96. The van der Waals surface area contributed by atoms with E-state index >= 15 is 0 Å². The standard InChI is InChI=1S/C20H24N2O3S/c1-21(2)12-13-22-16-6-4-5-7-17(16)26-19(18(23)20(22)24)14-8-10-15(25-3)11-9-14/h4-11,18-19,23H,12-13H2,1-3H3. The van der Waals surface area contributed by atoms with Crippen LogP contribution in [-0.4, -0.2) is 56.3 Å². The van der Waals surface area contributed by atoms with Crippen molar-refractivity contribution in [1.29, 1.82) is 0 Å². The van der Waals surface area contributed by atoms with Crippen molar-refractivity contribution in [3.05, 3.63) is 54.1 Å². The van der Waals surface area contributed by atoms with E-state index in [1.165, 1.54) is 11.8 Å². The number of aliphatic hydroxyl groups excluding tert-OH is 1. The Morgan fingerprint density at radius 1 is 1.15 bits per heavy atom. The number of aliphatic hydroxyl groups is 1. The van der Waals surface area contributed by atoms with Gasteiger partial charge in [0.25, 0.3) is 5.91 Å². The number of anilines is 1. The highest BCUT2D eigenvalue weighted by Gasteiger charge is 2.37. The van der Waals surface area contributed by atoms with Crippen molar-refractivity contribution < 1.29 is 14.6 Å². The van der Waals surface area contributed by atoms with E-state index in [9.17, 15) is 9.90 Å². The van der Waals surface area contributed by atoms with Crippen LogP contribution in [0.3, 0.4) is 0 Å². The summed E-state index contributed by atoms with van der Waals surface area (Å²) in [7, 11) is 5.56. The van der Waals surface area contributed by atoms with Gasteiger partial charge in [-0.2, -0.15) is 0 Å².